The second kappa shape index (κ2) is 5.70. The molecule has 2 heteroatoms. The van der Waals surface area contributed by atoms with E-state index >= 15 is 0 Å². The van der Waals surface area contributed by atoms with Gasteiger partial charge in [-0.3, -0.25) is 0 Å². The monoisotopic (exact) mass is 458 g/mol. The van der Waals surface area contributed by atoms with Crippen LogP contribution < -0.4 is 0 Å². The highest BCUT2D eigenvalue weighted by Crippen LogP contribution is 2.74. The van der Waals surface area contributed by atoms with Crippen molar-refractivity contribution in [3.63, 3.8) is 0 Å². The summed E-state index contributed by atoms with van der Waals surface area (Å²) in [5, 5.41) is 2.22. The van der Waals surface area contributed by atoms with Crippen molar-refractivity contribution in [3.05, 3.63) is 59.7 Å². The van der Waals surface area contributed by atoms with Crippen molar-refractivity contribution in [1.82, 2.24) is 0 Å². The first kappa shape index (κ1) is 16.6. The van der Waals surface area contributed by atoms with Crippen molar-refractivity contribution in [2.45, 2.75) is 43.9 Å². The standard InChI is InChI=1S/C23H24Br2/c24-15-21-11-5-12-22(16-25,14-6-13-21)23(21)19-9-3-1-7-17(19)18-8-2-4-10-20(18)23/h1-4,7-10H,5-6,11-16H2. The smallest absolute Gasteiger partial charge is 0.0343 e. The highest BCUT2D eigenvalue weighted by Gasteiger charge is 2.69. The van der Waals surface area contributed by atoms with Gasteiger partial charge in [-0.25, -0.2) is 0 Å². The first-order valence-corrected chi connectivity index (χ1v) is 11.8. The second-order valence-corrected chi connectivity index (χ2v) is 9.50. The Hall–Kier alpha value is -0.600. The van der Waals surface area contributed by atoms with Gasteiger partial charge in [0.2, 0.25) is 0 Å². The van der Waals surface area contributed by atoms with Gasteiger partial charge in [0.1, 0.15) is 0 Å². The van der Waals surface area contributed by atoms with Crippen LogP contribution in [0.5, 0.6) is 0 Å². The lowest BCUT2D eigenvalue weighted by Crippen LogP contribution is -2.63. The van der Waals surface area contributed by atoms with Crippen LogP contribution in [-0.4, -0.2) is 10.7 Å². The maximum Gasteiger partial charge on any atom is 0.0343 e. The predicted octanol–water partition coefficient (Wildman–Crippen LogP) is 7.08. The van der Waals surface area contributed by atoms with Gasteiger partial charge in [-0.2, -0.15) is 0 Å². The normalized spacial score (nSPS) is 31.6. The Labute approximate surface area is 167 Å². The fourth-order valence-corrected chi connectivity index (χ4v) is 8.90. The average molecular weight is 460 g/mol. The third-order valence-corrected chi connectivity index (χ3v) is 9.82. The fraction of sp³-hybridized carbons (Fsp3) is 0.478. The molecule has 0 aliphatic heterocycles. The molecule has 3 aliphatic rings. The third kappa shape index (κ3) is 1.79. The van der Waals surface area contributed by atoms with Gasteiger partial charge in [0.25, 0.3) is 0 Å². The van der Waals surface area contributed by atoms with Crippen LogP contribution in [0.3, 0.4) is 0 Å². The maximum atomic E-state index is 4.02. The minimum absolute atomic E-state index is 0.149. The molecule has 0 nitrogen and oxygen atoms in total. The Kier molecular flexibility index (Phi) is 3.77. The zero-order chi connectivity index (χ0) is 17.1. The van der Waals surface area contributed by atoms with Crippen LogP contribution in [0.25, 0.3) is 11.1 Å². The Bertz CT molecular complexity index is 745. The van der Waals surface area contributed by atoms with Gasteiger partial charge >= 0.3 is 0 Å². The molecule has 2 saturated carbocycles. The van der Waals surface area contributed by atoms with Crippen molar-refractivity contribution < 1.29 is 0 Å². The van der Waals surface area contributed by atoms with Crippen molar-refractivity contribution in [3.8, 4) is 11.1 Å². The zero-order valence-corrected chi connectivity index (χ0v) is 17.7. The molecule has 2 fully saturated rings. The Morgan fingerprint density at radius 1 is 0.640 bits per heavy atom. The van der Waals surface area contributed by atoms with E-state index < -0.39 is 0 Å². The fourth-order valence-electron chi connectivity index (χ4n) is 6.94. The van der Waals surface area contributed by atoms with E-state index in [2.05, 4.69) is 80.4 Å². The minimum atomic E-state index is 0.149. The van der Waals surface area contributed by atoms with Gasteiger partial charge in [-0.1, -0.05) is 93.2 Å². The molecular formula is C23H24Br2. The zero-order valence-electron chi connectivity index (χ0n) is 14.5. The highest BCUT2D eigenvalue weighted by atomic mass is 79.9. The number of halogens is 2. The van der Waals surface area contributed by atoms with Crippen LogP contribution in [0.2, 0.25) is 0 Å². The second-order valence-electron chi connectivity index (χ2n) is 8.38. The van der Waals surface area contributed by atoms with Crippen LogP contribution in [0, 0.1) is 10.8 Å². The molecule has 0 N–H and O–H groups in total. The molecule has 0 aromatic heterocycles. The van der Waals surface area contributed by atoms with E-state index in [1.807, 2.05) is 0 Å². The van der Waals surface area contributed by atoms with Crippen molar-refractivity contribution in [2.75, 3.05) is 10.7 Å². The topological polar surface area (TPSA) is 0 Å². The predicted molar refractivity (Wildman–Crippen MR) is 113 cm³/mol. The first-order valence-electron chi connectivity index (χ1n) is 9.56. The summed E-state index contributed by atoms with van der Waals surface area (Å²) < 4.78 is 0. The van der Waals surface area contributed by atoms with Crippen LogP contribution in [-0.2, 0) is 5.41 Å². The Morgan fingerprint density at radius 3 is 1.44 bits per heavy atom. The molecular weight excluding hydrogens is 436 g/mol. The molecule has 3 aliphatic carbocycles. The molecule has 2 bridgehead atoms. The van der Waals surface area contributed by atoms with Crippen molar-refractivity contribution >= 4 is 31.9 Å². The molecule has 130 valence electrons. The Balaban J connectivity index is 1.95. The summed E-state index contributed by atoms with van der Waals surface area (Å²) in [5.41, 5.74) is 7.00. The molecule has 0 radical (unpaired) electrons. The van der Waals surface area contributed by atoms with E-state index in [-0.39, 0.29) is 5.41 Å². The summed E-state index contributed by atoms with van der Waals surface area (Å²) in [5.74, 6) is 0. The number of hydrogen-bond donors (Lipinski definition) is 0. The largest absolute Gasteiger partial charge is 0.0922 e. The molecule has 0 heterocycles. The summed E-state index contributed by atoms with van der Waals surface area (Å²) in [7, 11) is 0. The van der Waals surface area contributed by atoms with Gasteiger partial charge in [-0.15, -0.1) is 0 Å². The molecule has 2 aromatic carbocycles. The summed E-state index contributed by atoms with van der Waals surface area (Å²) in [6, 6.07) is 18.6. The van der Waals surface area contributed by atoms with E-state index in [4.69, 9.17) is 0 Å². The minimum Gasteiger partial charge on any atom is -0.0922 e. The molecule has 25 heavy (non-hydrogen) atoms. The van der Waals surface area contributed by atoms with E-state index in [9.17, 15) is 0 Å². The Morgan fingerprint density at radius 2 is 1.04 bits per heavy atom. The summed E-state index contributed by atoms with van der Waals surface area (Å²) in [4.78, 5) is 0. The van der Waals surface area contributed by atoms with Crippen molar-refractivity contribution in [2.24, 2.45) is 10.8 Å². The molecule has 1 spiro atoms. The molecule has 0 atom stereocenters. The molecule has 0 amide bonds. The van der Waals surface area contributed by atoms with E-state index in [1.165, 1.54) is 49.7 Å². The number of rotatable bonds is 2. The lowest BCUT2D eigenvalue weighted by atomic mass is 9.38. The SMILES string of the molecule is BrCC12CCCC(CBr)(CCC1)C21c2ccccc2-c2ccccc21. The molecule has 5 rings (SSSR count). The maximum absolute atomic E-state index is 4.02. The van der Waals surface area contributed by atoms with E-state index in [1.54, 1.807) is 11.1 Å². The molecule has 0 unspecified atom stereocenters. The van der Waals surface area contributed by atoms with Gasteiger partial charge in [0.15, 0.2) is 0 Å². The number of benzene rings is 2. The lowest BCUT2D eigenvalue weighted by molar-refractivity contribution is -0.0551. The number of alkyl halides is 2. The van der Waals surface area contributed by atoms with E-state index in [0.29, 0.717) is 10.8 Å². The van der Waals surface area contributed by atoms with Crippen LogP contribution in [0.4, 0.5) is 0 Å². The van der Waals surface area contributed by atoms with Gasteiger partial charge < -0.3 is 0 Å². The summed E-state index contributed by atoms with van der Waals surface area (Å²) in [6.45, 7) is 0. The van der Waals surface area contributed by atoms with Crippen LogP contribution in [0.1, 0.15) is 49.7 Å². The number of hydrogen-bond acceptors (Lipinski definition) is 0. The summed E-state index contributed by atoms with van der Waals surface area (Å²) in [6.07, 6.45) is 8.10. The number of fused-ring (bicyclic) bond motifs is 3. The lowest BCUT2D eigenvalue weighted by Gasteiger charge is -2.66. The highest BCUT2D eigenvalue weighted by molar-refractivity contribution is 9.09. The van der Waals surface area contributed by atoms with Gasteiger partial charge in [-0.05, 0) is 58.8 Å². The van der Waals surface area contributed by atoms with Gasteiger partial charge in [0, 0.05) is 16.1 Å². The average Bonchev–Trinajstić information content (AvgIpc) is 2.95. The molecule has 2 aromatic rings. The van der Waals surface area contributed by atoms with Crippen LogP contribution >= 0.6 is 31.9 Å². The summed E-state index contributed by atoms with van der Waals surface area (Å²) >= 11 is 8.03. The van der Waals surface area contributed by atoms with E-state index in [0.717, 1.165) is 10.7 Å². The first-order chi connectivity index (χ1) is 12.2. The van der Waals surface area contributed by atoms with Gasteiger partial charge in [0.05, 0.1) is 0 Å². The van der Waals surface area contributed by atoms with Crippen LogP contribution in [0.15, 0.2) is 48.5 Å². The third-order valence-electron chi connectivity index (χ3n) is 7.68. The van der Waals surface area contributed by atoms with Crippen molar-refractivity contribution in [1.29, 1.82) is 0 Å². The molecule has 0 saturated heterocycles. The quantitative estimate of drug-likeness (QED) is 0.420.